The zero-order valence-corrected chi connectivity index (χ0v) is 10.5. The van der Waals surface area contributed by atoms with Crippen LogP contribution in [-0.2, 0) is 14.3 Å². The molecule has 0 bridgehead atoms. The summed E-state index contributed by atoms with van der Waals surface area (Å²) in [6.45, 7) is 3.70. The fourth-order valence-corrected chi connectivity index (χ4v) is 1.36. The summed E-state index contributed by atoms with van der Waals surface area (Å²) in [5.41, 5.74) is 0. The Morgan fingerprint density at radius 3 is 2.12 bits per heavy atom. The van der Waals surface area contributed by atoms with Crippen LogP contribution in [0.5, 0.6) is 0 Å². The van der Waals surface area contributed by atoms with E-state index in [1.54, 1.807) is 7.05 Å². The topological polar surface area (TPSA) is 55.4 Å². The van der Waals surface area contributed by atoms with E-state index in [4.69, 9.17) is 4.74 Å². The highest BCUT2D eigenvalue weighted by Gasteiger charge is 2.04. The van der Waals surface area contributed by atoms with E-state index < -0.39 is 0 Å². The first-order valence-electron chi connectivity index (χ1n) is 5.96. The molecule has 0 aromatic rings. The molecule has 0 spiro atoms. The predicted molar refractivity (Wildman–Crippen MR) is 63.0 cm³/mol. The zero-order chi connectivity index (χ0) is 12.4. The third-order valence-corrected chi connectivity index (χ3v) is 2.18. The van der Waals surface area contributed by atoms with Crippen LogP contribution < -0.4 is 5.32 Å². The van der Waals surface area contributed by atoms with Crippen LogP contribution in [-0.4, -0.2) is 25.0 Å². The summed E-state index contributed by atoms with van der Waals surface area (Å²) in [7, 11) is 1.64. The molecule has 1 amide bonds. The number of esters is 1. The fourth-order valence-electron chi connectivity index (χ4n) is 1.36. The molecule has 16 heavy (non-hydrogen) atoms. The van der Waals surface area contributed by atoms with Crippen molar-refractivity contribution in [3.63, 3.8) is 0 Å². The van der Waals surface area contributed by atoms with Gasteiger partial charge in [-0.1, -0.05) is 12.8 Å². The van der Waals surface area contributed by atoms with Crippen LogP contribution >= 0.6 is 0 Å². The number of ether oxygens (including phenoxy) is 1. The van der Waals surface area contributed by atoms with Gasteiger partial charge in [0.1, 0.15) is 0 Å². The average molecular weight is 229 g/mol. The Balaban J connectivity index is 3.27. The first-order chi connectivity index (χ1) is 7.56. The first-order valence-corrected chi connectivity index (χ1v) is 5.96. The van der Waals surface area contributed by atoms with Crippen molar-refractivity contribution < 1.29 is 14.3 Å². The van der Waals surface area contributed by atoms with E-state index in [1.165, 1.54) is 0 Å². The highest BCUT2D eigenvalue weighted by atomic mass is 16.5. The summed E-state index contributed by atoms with van der Waals surface area (Å²) in [4.78, 5) is 22.0. The number of hydrogen-bond acceptors (Lipinski definition) is 3. The Hall–Kier alpha value is -1.06. The van der Waals surface area contributed by atoms with Crippen molar-refractivity contribution in [1.29, 1.82) is 0 Å². The van der Waals surface area contributed by atoms with E-state index in [1.807, 2.05) is 13.8 Å². The number of carbonyl (C=O) groups is 2. The normalized spacial score (nSPS) is 10.2. The van der Waals surface area contributed by atoms with Gasteiger partial charge in [-0.25, -0.2) is 0 Å². The van der Waals surface area contributed by atoms with Crippen LogP contribution in [0, 0.1) is 0 Å². The fraction of sp³-hybridized carbons (Fsp3) is 0.833. The largest absolute Gasteiger partial charge is 0.463 e. The third-order valence-electron chi connectivity index (χ3n) is 2.18. The number of carbonyl (C=O) groups excluding carboxylic acids is 2. The van der Waals surface area contributed by atoms with Crippen molar-refractivity contribution in [2.24, 2.45) is 0 Å². The summed E-state index contributed by atoms with van der Waals surface area (Å²) in [5, 5.41) is 2.58. The quantitative estimate of drug-likeness (QED) is 0.512. The predicted octanol–water partition coefficient (Wildman–Crippen LogP) is 2.02. The second kappa shape index (κ2) is 9.19. The van der Waals surface area contributed by atoms with E-state index >= 15 is 0 Å². The number of nitrogens with one attached hydrogen (secondary N) is 1. The van der Waals surface area contributed by atoms with Crippen LogP contribution in [0.15, 0.2) is 0 Å². The molecular formula is C12H23NO3. The lowest BCUT2D eigenvalue weighted by molar-refractivity contribution is -0.147. The van der Waals surface area contributed by atoms with Gasteiger partial charge in [-0.3, -0.25) is 9.59 Å². The standard InChI is InChI=1S/C12H23NO3/c1-10(2)16-12(15)9-7-5-4-6-8-11(14)13-3/h10H,4-9H2,1-3H3,(H,13,14). The molecule has 0 atom stereocenters. The molecular weight excluding hydrogens is 206 g/mol. The lowest BCUT2D eigenvalue weighted by atomic mass is 10.1. The minimum absolute atomic E-state index is 0.0271. The van der Waals surface area contributed by atoms with Gasteiger partial charge in [0.15, 0.2) is 0 Å². The molecule has 0 aliphatic rings. The van der Waals surface area contributed by atoms with Crippen LogP contribution in [0.1, 0.15) is 52.4 Å². The van der Waals surface area contributed by atoms with E-state index in [0.29, 0.717) is 12.8 Å². The van der Waals surface area contributed by atoms with Gasteiger partial charge in [0.05, 0.1) is 6.10 Å². The van der Waals surface area contributed by atoms with Gasteiger partial charge in [0.25, 0.3) is 0 Å². The lowest BCUT2D eigenvalue weighted by Crippen LogP contribution is -2.16. The SMILES string of the molecule is CNC(=O)CCCCCCC(=O)OC(C)C. The van der Waals surface area contributed by atoms with E-state index in [0.717, 1.165) is 25.7 Å². The van der Waals surface area contributed by atoms with Crippen molar-refractivity contribution in [3.05, 3.63) is 0 Å². The molecule has 4 nitrogen and oxygen atoms in total. The Kier molecular flexibility index (Phi) is 8.58. The smallest absolute Gasteiger partial charge is 0.306 e. The highest BCUT2D eigenvalue weighted by Crippen LogP contribution is 2.06. The summed E-state index contributed by atoms with van der Waals surface area (Å²) in [6, 6.07) is 0. The molecule has 0 heterocycles. The maximum atomic E-state index is 11.2. The van der Waals surface area contributed by atoms with Gasteiger partial charge in [-0.05, 0) is 26.7 Å². The maximum Gasteiger partial charge on any atom is 0.306 e. The highest BCUT2D eigenvalue weighted by molar-refractivity contribution is 5.75. The van der Waals surface area contributed by atoms with Gasteiger partial charge in [-0.15, -0.1) is 0 Å². The number of hydrogen-bond donors (Lipinski definition) is 1. The van der Waals surface area contributed by atoms with Crippen LogP contribution in [0.4, 0.5) is 0 Å². The molecule has 1 N–H and O–H groups in total. The Morgan fingerprint density at radius 1 is 1.06 bits per heavy atom. The van der Waals surface area contributed by atoms with E-state index in [9.17, 15) is 9.59 Å². The van der Waals surface area contributed by atoms with Gasteiger partial charge < -0.3 is 10.1 Å². The van der Waals surface area contributed by atoms with Crippen molar-refractivity contribution >= 4 is 11.9 Å². The molecule has 4 heteroatoms. The average Bonchev–Trinajstić information content (AvgIpc) is 2.21. The Labute approximate surface area is 97.7 Å². The van der Waals surface area contributed by atoms with Crippen LogP contribution in [0.3, 0.4) is 0 Å². The van der Waals surface area contributed by atoms with Crippen molar-refractivity contribution in [1.82, 2.24) is 5.32 Å². The van der Waals surface area contributed by atoms with E-state index in [2.05, 4.69) is 5.32 Å². The lowest BCUT2D eigenvalue weighted by Gasteiger charge is -2.07. The number of unbranched alkanes of at least 4 members (excludes halogenated alkanes) is 3. The molecule has 0 unspecified atom stereocenters. The van der Waals surface area contributed by atoms with Crippen molar-refractivity contribution in [3.8, 4) is 0 Å². The van der Waals surface area contributed by atoms with Crippen molar-refractivity contribution in [2.75, 3.05) is 7.05 Å². The van der Waals surface area contributed by atoms with Crippen LogP contribution in [0.2, 0.25) is 0 Å². The number of amides is 1. The summed E-state index contributed by atoms with van der Waals surface area (Å²) in [6.07, 6.45) is 4.73. The molecule has 0 fully saturated rings. The third kappa shape index (κ3) is 9.49. The zero-order valence-electron chi connectivity index (χ0n) is 10.5. The molecule has 0 aromatic carbocycles. The Morgan fingerprint density at radius 2 is 1.62 bits per heavy atom. The summed E-state index contributed by atoms with van der Waals surface area (Å²) < 4.78 is 5.01. The molecule has 0 saturated heterocycles. The summed E-state index contributed by atoms with van der Waals surface area (Å²) in [5.74, 6) is -0.0412. The first kappa shape index (κ1) is 14.9. The van der Waals surface area contributed by atoms with Crippen molar-refractivity contribution in [2.45, 2.75) is 58.5 Å². The number of rotatable bonds is 8. The molecule has 0 aliphatic carbocycles. The van der Waals surface area contributed by atoms with E-state index in [-0.39, 0.29) is 18.0 Å². The molecule has 0 radical (unpaired) electrons. The Bertz CT molecular complexity index is 214. The molecule has 0 aromatic heterocycles. The van der Waals surface area contributed by atoms with Crippen LogP contribution in [0.25, 0.3) is 0 Å². The summed E-state index contributed by atoms with van der Waals surface area (Å²) >= 11 is 0. The van der Waals surface area contributed by atoms with Gasteiger partial charge in [-0.2, -0.15) is 0 Å². The second-order valence-electron chi connectivity index (χ2n) is 4.13. The van der Waals surface area contributed by atoms with Gasteiger partial charge >= 0.3 is 5.97 Å². The molecule has 0 aliphatic heterocycles. The minimum atomic E-state index is -0.124. The maximum absolute atomic E-state index is 11.2. The monoisotopic (exact) mass is 229 g/mol. The molecule has 0 saturated carbocycles. The van der Waals surface area contributed by atoms with Gasteiger partial charge in [0.2, 0.25) is 5.91 Å². The second-order valence-corrected chi connectivity index (χ2v) is 4.13. The minimum Gasteiger partial charge on any atom is -0.463 e. The molecule has 0 rings (SSSR count). The molecule has 94 valence electrons. The van der Waals surface area contributed by atoms with Gasteiger partial charge in [0, 0.05) is 19.9 Å².